The molecule has 0 fully saturated rings. The van der Waals surface area contributed by atoms with Crippen LogP contribution in [0.4, 0.5) is 0 Å². The molecule has 0 amide bonds. The summed E-state index contributed by atoms with van der Waals surface area (Å²) >= 11 is 0. The molecule has 5 nitrogen and oxygen atoms in total. The van der Waals surface area contributed by atoms with Crippen molar-refractivity contribution < 1.29 is 18.9 Å². The summed E-state index contributed by atoms with van der Waals surface area (Å²) in [5, 5.41) is 0. The molecule has 0 aliphatic carbocycles. The molecule has 0 spiro atoms. The SMILES string of the molecule is COCCCOc1c(OC)cc(CCN)cc1OC. The third kappa shape index (κ3) is 4.61. The zero-order chi connectivity index (χ0) is 14.1. The molecule has 0 unspecified atom stereocenters. The van der Waals surface area contributed by atoms with E-state index in [9.17, 15) is 0 Å². The smallest absolute Gasteiger partial charge is 0.203 e. The number of benzene rings is 1. The average Bonchev–Trinajstić information content (AvgIpc) is 2.44. The third-order valence-corrected chi connectivity index (χ3v) is 2.69. The van der Waals surface area contributed by atoms with Crippen LogP contribution >= 0.6 is 0 Å². The summed E-state index contributed by atoms with van der Waals surface area (Å²) in [4.78, 5) is 0. The number of rotatable bonds is 9. The maximum atomic E-state index is 5.72. The van der Waals surface area contributed by atoms with Crippen LogP contribution in [-0.4, -0.2) is 41.1 Å². The Morgan fingerprint density at radius 1 is 1.00 bits per heavy atom. The van der Waals surface area contributed by atoms with Gasteiger partial charge >= 0.3 is 0 Å². The summed E-state index contributed by atoms with van der Waals surface area (Å²) in [6.45, 7) is 1.80. The normalized spacial score (nSPS) is 10.3. The quantitative estimate of drug-likeness (QED) is 0.690. The first-order chi connectivity index (χ1) is 9.26. The first-order valence-electron chi connectivity index (χ1n) is 6.33. The van der Waals surface area contributed by atoms with E-state index < -0.39 is 0 Å². The van der Waals surface area contributed by atoms with E-state index in [0.717, 1.165) is 18.4 Å². The molecule has 1 aromatic carbocycles. The minimum atomic E-state index is 0.552. The molecule has 0 bridgehead atoms. The maximum Gasteiger partial charge on any atom is 0.203 e. The van der Waals surface area contributed by atoms with E-state index in [4.69, 9.17) is 24.7 Å². The van der Waals surface area contributed by atoms with Crippen LogP contribution in [0.2, 0.25) is 0 Å². The van der Waals surface area contributed by atoms with Crippen LogP contribution < -0.4 is 19.9 Å². The van der Waals surface area contributed by atoms with Crippen molar-refractivity contribution in [3.8, 4) is 17.2 Å². The Morgan fingerprint density at radius 3 is 2.11 bits per heavy atom. The lowest BCUT2D eigenvalue weighted by molar-refractivity contribution is 0.169. The van der Waals surface area contributed by atoms with Crippen molar-refractivity contribution >= 4 is 0 Å². The van der Waals surface area contributed by atoms with Gasteiger partial charge in [0, 0.05) is 20.1 Å². The fourth-order valence-electron chi connectivity index (χ4n) is 1.76. The summed E-state index contributed by atoms with van der Waals surface area (Å²) in [5.74, 6) is 1.96. The summed E-state index contributed by atoms with van der Waals surface area (Å²) in [7, 11) is 4.90. The molecule has 5 heteroatoms. The number of hydrogen-bond donors (Lipinski definition) is 1. The topological polar surface area (TPSA) is 62.9 Å². The number of nitrogens with two attached hydrogens (primary N) is 1. The van der Waals surface area contributed by atoms with Crippen LogP contribution in [0.3, 0.4) is 0 Å². The van der Waals surface area contributed by atoms with Crippen LogP contribution in [0, 0.1) is 0 Å². The molecule has 0 atom stereocenters. The fraction of sp³-hybridized carbons (Fsp3) is 0.571. The van der Waals surface area contributed by atoms with Gasteiger partial charge in [-0.25, -0.2) is 0 Å². The zero-order valence-electron chi connectivity index (χ0n) is 11.9. The van der Waals surface area contributed by atoms with E-state index in [1.165, 1.54) is 0 Å². The first kappa shape index (κ1) is 15.6. The molecule has 0 aliphatic heterocycles. The van der Waals surface area contributed by atoms with E-state index in [-0.39, 0.29) is 0 Å². The molecule has 0 saturated carbocycles. The van der Waals surface area contributed by atoms with Gasteiger partial charge in [0.25, 0.3) is 0 Å². The average molecular weight is 269 g/mol. The standard InChI is InChI=1S/C14H23NO4/c1-16-7-4-8-19-14-12(17-2)9-11(5-6-15)10-13(14)18-3/h9-10H,4-8,15H2,1-3H3. The van der Waals surface area contributed by atoms with Crippen molar-refractivity contribution in [2.75, 3.05) is 41.1 Å². The van der Waals surface area contributed by atoms with Gasteiger partial charge in [-0.15, -0.1) is 0 Å². The molecule has 0 heterocycles. The predicted molar refractivity (Wildman–Crippen MR) is 74.3 cm³/mol. The maximum absolute atomic E-state index is 5.72. The van der Waals surface area contributed by atoms with Gasteiger partial charge in [0.1, 0.15) is 0 Å². The second-order valence-electron chi connectivity index (χ2n) is 4.06. The lowest BCUT2D eigenvalue weighted by atomic mass is 10.1. The Labute approximate surface area is 114 Å². The van der Waals surface area contributed by atoms with E-state index in [1.54, 1.807) is 21.3 Å². The predicted octanol–water partition coefficient (Wildman–Crippen LogP) is 1.62. The highest BCUT2D eigenvalue weighted by Crippen LogP contribution is 2.38. The number of hydrogen-bond acceptors (Lipinski definition) is 5. The largest absolute Gasteiger partial charge is 0.493 e. The lowest BCUT2D eigenvalue weighted by Gasteiger charge is -2.16. The van der Waals surface area contributed by atoms with Crippen molar-refractivity contribution in [1.29, 1.82) is 0 Å². The van der Waals surface area contributed by atoms with Gasteiger partial charge in [-0.3, -0.25) is 0 Å². The Hall–Kier alpha value is -1.46. The van der Waals surface area contributed by atoms with Gasteiger partial charge in [0.15, 0.2) is 11.5 Å². The molecule has 108 valence electrons. The minimum Gasteiger partial charge on any atom is -0.493 e. The minimum absolute atomic E-state index is 0.552. The Morgan fingerprint density at radius 2 is 1.63 bits per heavy atom. The molecule has 0 radical (unpaired) electrons. The van der Waals surface area contributed by atoms with Crippen molar-refractivity contribution in [3.63, 3.8) is 0 Å². The lowest BCUT2D eigenvalue weighted by Crippen LogP contribution is -2.06. The summed E-state index contributed by atoms with van der Waals surface area (Å²) in [6.07, 6.45) is 1.59. The Bertz CT molecular complexity index is 357. The summed E-state index contributed by atoms with van der Waals surface area (Å²) in [6, 6.07) is 3.86. The molecule has 1 aromatic rings. The van der Waals surface area contributed by atoms with Gasteiger partial charge in [-0.2, -0.15) is 0 Å². The van der Waals surface area contributed by atoms with E-state index in [0.29, 0.717) is 37.0 Å². The van der Waals surface area contributed by atoms with E-state index >= 15 is 0 Å². The van der Waals surface area contributed by atoms with Crippen LogP contribution in [0.15, 0.2) is 12.1 Å². The van der Waals surface area contributed by atoms with Crippen molar-refractivity contribution in [2.45, 2.75) is 12.8 Å². The molecule has 1 rings (SSSR count). The fourth-order valence-corrected chi connectivity index (χ4v) is 1.76. The molecule has 2 N–H and O–H groups in total. The van der Waals surface area contributed by atoms with Crippen molar-refractivity contribution in [2.24, 2.45) is 5.73 Å². The summed E-state index contributed by atoms with van der Waals surface area (Å²) in [5.41, 5.74) is 6.64. The van der Waals surface area contributed by atoms with Crippen LogP contribution in [0.25, 0.3) is 0 Å². The van der Waals surface area contributed by atoms with Crippen LogP contribution in [0.1, 0.15) is 12.0 Å². The molecular formula is C14H23NO4. The molecule has 0 aliphatic rings. The van der Waals surface area contributed by atoms with Crippen molar-refractivity contribution in [3.05, 3.63) is 17.7 Å². The number of methoxy groups -OCH3 is 3. The Balaban J connectivity index is 2.86. The highest BCUT2D eigenvalue weighted by atomic mass is 16.5. The second-order valence-corrected chi connectivity index (χ2v) is 4.06. The summed E-state index contributed by atoms with van der Waals surface area (Å²) < 4.78 is 21.4. The number of ether oxygens (including phenoxy) is 4. The van der Waals surface area contributed by atoms with Gasteiger partial charge < -0.3 is 24.7 Å². The van der Waals surface area contributed by atoms with Gasteiger partial charge in [-0.05, 0) is 30.7 Å². The molecule has 0 saturated heterocycles. The molecule has 19 heavy (non-hydrogen) atoms. The Kier molecular flexibility index (Phi) is 7.07. The van der Waals surface area contributed by atoms with Gasteiger partial charge in [0.2, 0.25) is 5.75 Å². The van der Waals surface area contributed by atoms with Crippen LogP contribution in [0.5, 0.6) is 17.2 Å². The highest BCUT2D eigenvalue weighted by Gasteiger charge is 2.13. The van der Waals surface area contributed by atoms with Gasteiger partial charge in [-0.1, -0.05) is 0 Å². The van der Waals surface area contributed by atoms with Crippen LogP contribution in [-0.2, 0) is 11.2 Å². The van der Waals surface area contributed by atoms with E-state index in [1.807, 2.05) is 12.1 Å². The highest BCUT2D eigenvalue weighted by molar-refractivity contribution is 5.53. The third-order valence-electron chi connectivity index (χ3n) is 2.69. The van der Waals surface area contributed by atoms with E-state index in [2.05, 4.69) is 0 Å². The molecular weight excluding hydrogens is 246 g/mol. The van der Waals surface area contributed by atoms with Crippen molar-refractivity contribution in [1.82, 2.24) is 0 Å². The monoisotopic (exact) mass is 269 g/mol. The second kappa shape index (κ2) is 8.61. The van der Waals surface area contributed by atoms with Gasteiger partial charge in [0.05, 0.1) is 20.8 Å². The zero-order valence-corrected chi connectivity index (χ0v) is 11.9. The molecule has 0 aromatic heterocycles. The first-order valence-corrected chi connectivity index (χ1v) is 6.33.